The lowest BCUT2D eigenvalue weighted by atomic mass is 10.1. The molecule has 7 nitrogen and oxygen atoms in total. The van der Waals surface area contributed by atoms with Crippen LogP contribution in [0.1, 0.15) is 29.2 Å². The molecule has 0 aliphatic heterocycles. The van der Waals surface area contributed by atoms with E-state index in [2.05, 4.69) is 10.3 Å². The van der Waals surface area contributed by atoms with Crippen molar-refractivity contribution in [2.75, 3.05) is 11.9 Å². The van der Waals surface area contributed by atoms with Crippen molar-refractivity contribution in [1.82, 2.24) is 4.98 Å². The highest BCUT2D eigenvalue weighted by Gasteiger charge is 2.19. The summed E-state index contributed by atoms with van der Waals surface area (Å²) >= 11 is 1.50. The van der Waals surface area contributed by atoms with Crippen molar-refractivity contribution in [2.24, 2.45) is 0 Å². The lowest BCUT2D eigenvalue weighted by Gasteiger charge is -2.12. The number of rotatable bonds is 8. The number of nitrogens with zero attached hydrogens (tertiary/aromatic N) is 1. The van der Waals surface area contributed by atoms with Crippen molar-refractivity contribution in [3.63, 3.8) is 0 Å². The molecule has 1 amide bonds. The first-order valence-electron chi connectivity index (χ1n) is 8.96. The summed E-state index contributed by atoms with van der Waals surface area (Å²) in [6.07, 6.45) is -0.944. The molecule has 0 spiro atoms. The maximum atomic E-state index is 12.4. The molecule has 29 heavy (non-hydrogen) atoms. The van der Waals surface area contributed by atoms with Gasteiger partial charge in [0.1, 0.15) is 11.6 Å². The summed E-state index contributed by atoms with van der Waals surface area (Å²) in [4.78, 5) is 39.8. The number of hydrogen-bond donors (Lipinski definition) is 1. The maximum Gasteiger partial charge on any atom is 0.332 e. The van der Waals surface area contributed by atoms with Gasteiger partial charge in [-0.1, -0.05) is 12.1 Å². The summed E-state index contributed by atoms with van der Waals surface area (Å²) in [5, 5.41) is 3.39. The van der Waals surface area contributed by atoms with Crippen LogP contribution in [0.2, 0.25) is 0 Å². The number of fused-ring (bicyclic) bond motifs is 1. The van der Waals surface area contributed by atoms with E-state index in [4.69, 9.17) is 9.47 Å². The number of benzene rings is 2. The molecule has 0 fully saturated rings. The van der Waals surface area contributed by atoms with Crippen LogP contribution in [0.3, 0.4) is 0 Å². The SMILES string of the molecule is CC(=O)Nc1ccc(C(=O)[C@H](C)OC(=O)COCc2nc3ccccc3s2)cc1. The fraction of sp³-hybridized carbons (Fsp3) is 0.238. The number of amides is 1. The molecule has 1 aromatic heterocycles. The lowest BCUT2D eigenvalue weighted by Crippen LogP contribution is -2.26. The molecule has 0 bridgehead atoms. The summed E-state index contributed by atoms with van der Waals surface area (Å²) in [6, 6.07) is 14.1. The van der Waals surface area contributed by atoms with Crippen molar-refractivity contribution in [2.45, 2.75) is 26.6 Å². The maximum absolute atomic E-state index is 12.4. The number of para-hydroxylation sites is 1. The molecule has 3 rings (SSSR count). The first kappa shape index (κ1) is 20.6. The van der Waals surface area contributed by atoms with Crippen LogP contribution in [0.5, 0.6) is 0 Å². The van der Waals surface area contributed by atoms with Crippen LogP contribution >= 0.6 is 11.3 Å². The molecule has 8 heteroatoms. The summed E-state index contributed by atoms with van der Waals surface area (Å²) in [6.45, 7) is 2.84. The Kier molecular flexibility index (Phi) is 6.69. The second-order valence-corrected chi connectivity index (χ2v) is 7.44. The van der Waals surface area contributed by atoms with E-state index in [-0.39, 0.29) is 24.9 Å². The third-order valence-corrected chi connectivity index (χ3v) is 4.96. The third kappa shape index (κ3) is 5.69. The van der Waals surface area contributed by atoms with Gasteiger partial charge in [-0.05, 0) is 43.3 Å². The van der Waals surface area contributed by atoms with Gasteiger partial charge in [0.15, 0.2) is 6.10 Å². The van der Waals surface area contributed by atoms with Crippen LogP contribution in [-0.4, -0.2) is 35.4 Å². The van der Waals surface area contributed by atoms with E-state index in [9.17, 15) is 14.4 Å². The van der Waals surface area contributed by atoms with E-state index >= 15 is 0 Å². The minimum atomic E-state index is -0.944. The summed E-state index contributed by atoms with van der Waals surface area (Å²) in [5.41, 5.74) is 1.86. The van der Waals surface area contributed by atoms with Crippen molar-refractivity contribution in [1.29, 1.82) is 0 Å². The smallest absolute Gasteiger partial charge is 0.332 e. The first-order chi connectivity index (χ1) is 13.9. The van der Waals surface area contributed by atoms with Gasteiger partial charge in [-0.3, -0.25) is 9.59 Å². The van der Waals surface area contributed by atoms with Gasteiger partial charge in [-0.2, -0.15) is 0 Å². The topological polar surface area (TPSA) is 94.6 Å². The van der Waals surface area contributed by atoms with Crippen LogP contribution in [0, 0.1) is 0 Å². The second-order valence-electron chi connectivity index (χ2n) is 6.32. The highest BCUT2D eigenvalue weighted by Crippen LogP contribution is 2.22. The number of hydrogen-bond acceptors (Lipinski definition) is 7. The van der Waals surface area contributed by atoms with Gasteiger partial charge in [-0.15, -0.1) is 11.3 Å². The van der Waals surface area contributed by atoms with Gasteiger partial charge in [0, 0.05) is 18.2 Å². The van der Waals surface area contributed by atoms with E-state index in [0.29, 0.717) is 11.3 Å². The van der Waals surface area contributed by atoms with Crippen molar-refractivity contribution < 1.29 is 23.9 Å². The minimum Gasteiger partial charge on any atom is -0.453 e. The van der Waals surface area contributed by atoms with Gasteiger partial charge >= 0.3 is 5.97 Å². The number of aromatic nitrogens is 1. The van der Waals surface area contributed by atoms with Gasteiger partial charge in [0.2, 0.25) is 11.7 Å². The Morgan fingerprint density at radius 3 is 2.52 bits per heavy atom. The molecule has 150 valence electrons. The molecular weight excluding hydrogens is 392 g/mol. The number of carbonyl (C=O) groups is 3. The van der Waals surface area contributed by atoms with Gasteiger partial charge < -0.3 is 14.8 Å². The first-order valence-corrected chi connectivity index (χ1v) is 9.77. The van der Waals surface area contributed by atoms with Crippen LogP contribution < -0.4 is 5.32 Å². The van der Waals surface area contributed by atoms with E-state index in [1.165, 1.54) is 25.2 Å². The van der Waals surface area contributed by atoms with E-state index in [0.717, 1.165) is 15.2 Å². The Morgan fingerprint density at radius 1 is 1.10 bits per heavy atom. The van der Waals surface area contributed by atoms with Crippen molar-refractivity contribution in [3.8, 4) is 0 Å². The van der Waals surface area contributed by atoms with Gasteiger partial charge in [-0.25, -0.2) is 9.78 Å². The predicted molar refractivity (Wildman–Crippen MR) is 110 cm³/mol. The lowest BCUT2D eigenvalue weighted by molar-refractivity contribution is -0.152. The molecule has 0 aliphatic carbocycles. The molecular formula is C21H20N2O5S. The molecule has 1 atom stereocenters. The quantitative estimate of drug-likeness (QED) is 0.449. The summed E-state index contributed by atoms with van der Waals surface area (Å²) < 4.78 is 11.6. The Bertz CT molecular complexity index is 996. The summed E-state index contributed by atoms with van der Waals surface area (Å²) in [5.74, 6) is -1.15. The fourth-order valence-electron chi connectivity index (χ4n) is 2.64. The Hall–Kier alpha value is -3.10. The molecule has 1 heterocycles. The molecule has 0 unspecified atom stereocenters. The molecule has 1 N–H and O–H groups in total. The van der Waals surface area contributed by atoms with Crippen LogP contribution in [0.4, 0.5) is 5.69 Å². The molecule has 0 saturated carbocycles. The van der Waals surface area contributed by atoms with Crippen LogP contribution in [-0.2, 0) is 25.7 Å². The molecule has 3 aromatic rings. The minimum absolute atomic E-state index is 0.196. The second kappa shape index (κ2) is 9.40. The number of thiazole rings is 1. The molecule has 0 aliphatic rings. The van der Waals surface area contributed by atoms with Crippen LogP contribution in [0.25, 0.3) is 10.2 Å². The van der Waals surface area contributed by atoms with E-state index < -0.39 is 12.1 Å². The summed E-state index contributed by atoms with van der Waals surface area (Å²) in [7, 11) is 0. The van der Waals surface area contributed by atoms with E-state index in [1.54, 1.807) is 24.3 Å². The van der Waals surface area contributed by atoms with E-state index in [1.807, 2.05) is 24.3 Å². The highest BCUT2D eigenvalue weighted by molar-refractivity contribution is 7.18. The highest BCUT2D eigenvalue weighted by atomic mass is 32.1. The monoisotopic (exact) mass is 412 g/mol. The standard InChI is InChI=1S/C21H20N2O5S/c1-13(21(26)15-7-9-16(10-8-15)22-14(2)24)28-20(25)12-27-11-19-23-17-5-3-4-6-18(17)29-19/h3-10,13H,11-12H2,1-2H3,(H,22,24)/t13-/m0/s1. The average molecular weight is 412 g/mol. The molecule has 0 saturated heterocycles. The van der Waals surface area contributed by atoms with Gasteiger partial charge in [0.25, 0.3) is 0 Å². The van der Waals surface area contributed by atoms with Crippen molar-refractivity contribution in [3.05, 3.63) is 59.1 Å². The van der Waals surface area contributed by atoms with Crippen molar-refractivity contribution >= 4 is 44.9 Å². The number of Topliss-reactive ketones (excluding diaryl/α,β-unsaturated/α-hetero) is 1. The number of ether oxygens (including phenoxy) is 2. The predicted octanol–water partition coefficient (Wildman–Crippen LogP) is 3.59. The molecule has 2 aromatic carbocycles. The number of anilines is 1. The Balaban J connectivity index is 1.46. The number of ketones is 1. The largest absolute Gasteiger partial charge is 0.453 e. The fourth-order valence-corrected chi connectivity index (χ4v) is 3.55. The zero-order valence-electron chi connectivity index (χ0n) is 16.0. The third-order valence-electron chi connectivity index (χ3n) is 3.95. The number of nitrogens with one attached hydrogen (secondary N) is 1. The number of esters is 1. The number of carbonyl (C=O) groups excluding carboxylic acids is 3. The zero-order valence-corrected chi connectivity index (χ0v) is 16.8. The van der Waals surface area contributed by atoms with Crippen LogP contribution in [0.15, 0.2) is 48.5 Å². The molecule has 0 radical (unpaired) electrons. The zero-order chi connectivity index (χ0) is 20.8. The normalized spacial score (nSPS) is 11.8. The van der Waals surface area contributed by atoms with Gasteiger partial charge in [0.05, 0.1) is 16.8 Å². The Morgan fingerprint density at radius 2 is 1.83 bits per heavy atom. The average Bonchev–Trinajstić information content (AvgIpc) is 3.10. The Labute approximate surface area is 171 Å².